The van der Waals surface area contributed by atoms with Crippen LogP contribution in [0, 0.1) is 0 Å². The zero-order chi connectivity index (χ0) is 20.8. The molecule has 4 heterocycles. The Bertz CT molecular complexity index is 1250. The number of carbonyl (C=O) groups is 1. The Morgan fingerprint density at radius 1 is 1.30 bits per heavy atom. The molecule has 30 heavy (non-hydrogen) atoms. The van der Waals surface area contributed by atoms with Gasteiger partial charge in [0.15, 0.2) is 0 Å². The molecule has 1 atom stereocenters. The highest BCUT2D eigenvalue weighted by Gasteiger charge is 2.26. The van der Waals surface area contributed by atoms with E-state index in [-0.39, 0.29) is 12.0 Å². The van der Waals surface area contributed by atoms with Crippen molar-refractivity contribution in [2.75, 3.05) is 12.3 Å². The lowest BCUT2D eigenvalue weighted by Crippen LogP contribution is -2.30. The van der Waals surface area contributed by atoms with Crippen LogP contribution in [-0.2, 0) is 17.9 Å². The number of rotatable bonds is 4. The number of nitrogen functional groups attached to an aromatic ring is 1. The van der Waals surface area contributed by atoms with Crippen LogP contribution in [0.5, 0.6) is 0 Å². The standard InChI is InChI=1S/C23H23N5O2/c1-3-27(12-16-11-17-6-4-5-9-28(17)26-16)23(29)15-7-8-20-18(10-15)19-13-30-14(2)21(19)22(24)25-20/h4-11,14H,3,12-13H2,1-2H3,(H2,24,25). The van der Waals surface area contributed by atoms with Crippen LogP contribution in [0.1, 0.15) is 47.1 Å². The Hall–Kier alpha value is -3.45. The molecule has 0 aliphatic carbocycles. The molecule has 0 radical (unpaired) electrons. The summed E-state index contributed by atoms with van der Waals surface area (Å²) in [5.41, 5.74) is 11.4. The first kappa shape index (κ1) is 18.6. The SMILES string of the molecule is CCN(Cc1cc2ccccn2n1)C(=O)c1ccc2nc(N)c3c(c2c1)COC3C. The van der Waals surface area contributed by atoms with Crippen molar-refractivity contribution >= 4 is 28.1 Å². The van der Waals surface area contributed by atoms with Crippen LogP contribution in [0.4, 0.5) is 5.82 Å². The molecular weight excluding hydrogens is 378 g/mol. The van der Waals surface area contributed by atoms with Gasteiger partial charge in [-0.05, 0) is 55.8 Å². The van der Waals surface area contributed by atoms with E-state index in [4.69, 9.17) is 10.5 Å². The van der Waals surface area contributed by atoms with E-state index in [9.17, 15) is 4.79 Å². The van der Waals surface area contributed by atoms with E-state index in [0.29, 0.717) is 31.1 Å². The second kappa shape index (κ2) is 7.11. The number of anilines is 1. The van der Waals surface area contributed by atoms with Gasteiger partial charge in [0.1, 0.15) is 5.82 Å². The lowest BCUT2D eigenvalue weighted by atomic mass is 10.00. The Balaban J connectivity index is 1.49. The number of fused-ring (bicyclic) bond motifs is 4. The van der Waals surface area contributed by atoms with Crippen molar-refractivity contribution < 1.29 is 9.53 Å². The van der Waals surface area contributed by atoms with Crippen LogP contribution in [0.15, 0.2) is 48.7 Å². The van der Waals surface area contributed by atoms with E-state index in [1.54, 1.807) is 4.90 Å². The first-order valence-electron chi connectivity index (χ1n) is 10.1. The summed E-state index contributed by atoms with van der Waals surface area (Å²) >= 11 is 0. The number of nitrogens with zero attached hydrogens (tertiary/aromatic N) is 4. The van der Waals surface area contributed by atoms with Crippen molar-refractivity contribution in [2.24, 2.45) is 0 Å². The highest BCUT2D eigenvalue weighted by molar-refractivity contribution is 5.99. The molecule has 4 aromatic rings. The Morgan fingerprint density at radius 2 is 2.17 bits per heavy atom. The number of ether oxygens (including phenoxy) is 1. The van der Waals surface area contributed by atoms with Gasteiger partial charge in [-0.25, -0.2) is 9.50 Å². The first-order chi connectivity index (χ1) is 14.5. The molecule has 152 valence electrons. The van der Waals surface area contributed by atoms with Gasteiger partial charge in [-0.15, -0.1) is 0 Å². The van der Waals surface area contributed by atoms with E-state index in [2.05, 4.69) is 10.1 Å². The largest absolute Gasteiger partial charge is 0.383 e. The average Bonchev–Trinajstić information content (AvgIpc) is 3.35. The predicted molar refractivity (Wildman–Crippen MR) is 115 cm³/mol. The maximum Gasteiger partial charge on any atom is 0.254 e. The Labute approximate surface area is 174 Å². The number of nitrogens with two attached hydrogens (primary N) is 1. The summed E-state index contributed by atoms with van der Waals surface area (Å²) < 4.78 is 7.59. The Kier molecular flexibility index (Phi) is 4.40. The minimum atomic E-state index is -0.0848. The monoisotopic (exact) mass is 401 g/mol. The fraction of sp³-hybridized carbons (Fsp3) is 0.261. The third-order valence-corrected chi connectivity index (χ3v) is 5.74. The summed E-state index contributed by atoms with van der Waals surface area (Å²) in [4.78, 5) is 19.6. The van der Waals surface area contributed by atoms with Gasteiger partial charge in [0.25, 0.3) is 5.91 Å². The molecule has 1 aliphatic rings. The average molecular weight is 401 g/mol. The molecule has 1 unspecified atom stereocenters. The van der Waals surface area contributed by atoms with Gasteiger partial charge in [-0.2, -0.15) is 5.10 Å². The second-order valence-electron chi connectivity index (χ2n) is 7.60. The Morgan fingerprint density at radius 3 is 2.97 bits per heavy atom. The summed E-state index contributed by atoms with van der Waals surface area (Å²) in [6.45, 7) is 5.47. The van der Waals surface area contributed by atoms with Crippen LogP contribution < -0.4 is 5.73 Å². The maximum atomic E-state index is 13.3. The molecule has 0 fully saturated rings. The first-order valence-corrected chi connectivity index (χ1v) is 10.1. The lowest BCUT2D eigenvalue weighted by Gasteiger charge is -2.20. The minimum Gasteiger partial charge on any atom is -0.383 e. The van der Waals surface area contributed by atoms with Crippen molar-refractivity contribution in [1.29, 1.82) is 0 Å². The fourth-order valence-corrected chi connectivity index (χ4v) is 4.17. The number of benzene rings is 1. The van der Waals surface area contributed by atoms with Crippen molar-refractivity contribution in [3.05, 3.63) is 71.0 Å². The molecule has 0 bridgehead atoms. The smallest absolute Gasteiger partial charge is 0.254 e. The third-order valence-electron chi connectivity index (χ3n) is 5.74. The molecule has 0 spiro atoms. The molecule has 3 aromatic heterocycles. The summed E-state index contributed by atoms with van der Waals surface area (Å²) in [5, 5.41) is 5.50. The molecule has 0 saturated heterocycles. The maximum absolute atomic E-state index is 13.3. The fourth-order valence-electron chi connectivity index (χ4n) is 4.17. The van der Waals surface area contributed by atoms with Crippen LogP contribution in [0.3, 0.4) is 0 Å². The van der Waals surface area contributed by atoms with E-state index in [0.717, 1.165) is 33.2 Å². The molecule has 2 N–H and O–H groups in total. The van der Waals surface area contributed by atoms with Gasteiger partial charge in [0, 0.05) is 29.3 Å². The van der Waals surface area contributed by atoms with Gasteiger partial charge >= 0.3 is 0 Å². The van der Waals surface area contributed by atoms with Crippen molar-refractivity contribution in [3.63, 3.8) is 0 Å². The van der Waals surface area contributed by atoms with Crippen molar-refractivity contribution in [1.82, 2.24) is 19.5 Å². The second-order valence-corrected chi connectivity index (χ2v) is 7.60. The number of amides is 1. The van der Waals surface area contributed by atoms with Gasteiger partial charge in [-0.3, -0.25) is 4.79 Å². The summed E-state index contributed by atoms with van der Waals surface area (Å²) in [7, 11) is 0. The third kappa shape index (κ3) is 2.98. The van der Waals surface area contributed by atoms with Crippen molar-refractivity contribution in [2.45, 2.75) is 33.1 Å². The highest BCUT2D eigenvalue weighted by Crippen LogP contribution is 2.38. The topological polar surface area (TPSA) is 85.8 Å². The minimum absolute atomic E-state index is 0.0333. The van der Waals surface area contributed by atoms with Crippen molar-refractivity contribution in [3.8, 4) is 0 Å². The summed E-state index contributed by atoms with van der Waals surface area (Å²) in [6, 6.07) is 13.5. The number of carbonyl (C=O) groups excluding carboxylic acids is 1. The van der Waals surface area contributed by atoms with Crippen LogP contribution in [0.25, 0.3) is 16.4 Å². The molecule has 7 heteroatoms. The molecule has 1 aromatic carbocycles. The van der Waals surface area contributed by atoms with Gasteiger partial charge in [0.05, 0.1) is 36.0 Å². The molecule has 1 aliphatic heterocycles. The molecule has 0 saturated carbocycles. The van der Waals surface area contributed by atoms with Gasteiger partial charge in [0.2, 0.25) is 0 Å². The zero-order valence-corrected chi connectivity index (χ0v) is 17.0. The zero-order valence-electron chi connectivity index (χ0n) is 17.0. The van der Waals surface area contributed by atoms with E-state index in [1.165, 1.54) is 0 Å². The summed E-state index contributed by atoms with van der Waals surface area (Å²) in [6.07, 6.45) is 1.82. The quantitative estimate of drug-likeness (QED) is 0.563. The van der Waals surface area contributed by atoms with Crippen LogP contribution in [-0.4, -0.2) is 31.9 Å². The number of hydrogen-bond acceptors (Lipinski definition) is 5. The van der Waals surface area contributed by atoms with E-state index < -0.39 is 0 Å². The van der Waals surface area contributed by atoms with Gasteiger partial charge < -0.3 is 15.4 Å². The van der Waals surface area contributed by atoms with Gasteiger partial charge in [-0.1, -0.05) is 6.07 Å². The molecule has 7 nitrogen and oxygen atoms in total. The summed E-state index contributed by atoms with van der Waals surface area (Å²) in [5.74, 6) is 0.470. The van der Waals surface area contributed by atoms with Crippen LogP contribution in [0.2, 0.25) is 0 Å². The van der Waals surface area contributed by atoms with E-state index >= 15 is 0 Å². The number of aromatic nitrogens is 3. The number of hydrogen-bond donors (Lipinski definition) is 1. The van der Waals surface area contributed by atoms with E-state index in [1.807, 2.05) is 67.0 Å². The predicted octanol–water partition coefficient (Wildman–Crippen LogP) is 3.72. The lowest BCUT2D eigenvalue weighted by molar-refractivity contribution is 0.0750. The molecular formula is C23H23N5O2. The normalized spacial score (nSPS) is 15.6. The molecule has 5 rings (SSSR count). The van der Waals surface area contributed by atoms with Crippen LogP contribution >= 0.6 is 0 Å². The molecule has 1 amide bonds. The number of pyridine rings is 2. The highest BCUT2D eigenvalue weighted by atomic mass is 16.5.